The first-order valence-corrected chi connectivity index (χ1v) is 9.48. The van der Waals surface area contributed by atoms with Crippen LogP contribution >= 0.6 is 0 Å². The number of anilines is 2. The van der Waals surface area contributed by atoms with E-state index in [1.54, 1.807) is 6.07 Å². The SMILES string of the molecule is Cn1ncc2c1CCCN2C[C@@H](O)CNC(=O)c1cc(NC2COC2)ncn1. The molecule has 1 fully saturated rings. The molecule has 2 aliphatic heterocycles. The zero-order valence-corrected chi connectivity index (χ0v) is 15.8. The van der Waals surface area contributed by atoms with Crippen LogP contribution in [-0.2, 0) is 18.2 Å². The van der Waals surface area contributed by atoms with E-state index < -0.39 is 6.10 Å². The lowest BCUT2D eigenvalue weighted by atomic mass is 10.1. The van der Waals surface area contributed by atoms with Gasteiger partial charge in [0.2, 0.25) is 0 Å². The molecule has 3 N–H and O–H groups in total. The van der Waals surface area contributed by atoms with Gasteiger partial charge in [0.1, 0.15) is 17.8 Å². The number of ether oxygens (including phenoxy) is 1. The van der Waals surface area contributed by atoms with E-state index in [2.05, 4.69) is 30.6 Å². The van der Waals surface area contributed by atoms with Crippen molar-refractivity contribution in [2.75, 3.05) is 43.1 Å². The number of hydrogen-bond acceptors (Lipinski definition) is 8. The molecule has 4 heterocycles. The fourth-order valence-electron chi connectivity index (χ4n) is 3.46. The van der Waals surface area contributed by atoms with Gasteiger partial charge in [0, 0.05) is 32.7 Å². The summed E-state index contributed by atoms with van der Waals surface area (Å²) in [4.78, 5) is 22.6. The Balaban J connectivity index is 1.29. The predicted octanol–water partition coefficient (Wildman–Crippen LogP) is -0.436. The summed E-state index contributed by atoms with van der Waals surface area (Å²) in [7, 11) is 1.93. The van der Waals surface area contributed by atoms with Gasteiger partial charge < -0.3 is 25.4 Å². The van der Waals surface area contributed by atoms with Crippen LogP contribution in [0.4, 0.5) is 11.5 Å². The molecule has 0 aromatic carbocycles. The van der Waals surface area contributed by atoms with Crippen molar-refractivity contribution in [3.8, 4) is 0 Å². The van der Waals surface area contributed by atoms with E-state index in [0.29, 0.717) is 25.6 Å². The highest BCUT2D eigenvalue weighted by Crippen LogP contribution is 2.26. The van der Waals surface area contributed by atoms with Crippen molar-refractivity contribution in [3.63, 3.8) is 0 Å². The number of fused-ring (bicyclic) bond motifs is 1. The van der Waals surface area contributed by atoms with Crippen LogP contribution in [0.25, 0.3) is 0 Å². The topological polar surface area (TPSA) is 117 Å². The van der Waals surface area contributed by atoms with Crippen molar-refractivity contribution < 1.29 is 14.6 Å². The highest BCUT2D eigenvalue weighted by atomic mass is 16.5. The van der Waals surface area contributed by atoms with Crippen molar-refractivity contribution in [3.05, 3.63) is 30.0 Å². The summed E-state index contributed by atoms with van der Waals surface area (Å²) in [6, 6.07) is 1.82. The minimum atomic E-state index is -0.693. The molecule has 10 nitrogen and oxygen atoms in total. The van der Waals surface area contributed by atoms with E-state index in [4.69, 9.17) is 4.74 Å². The zero-order valence-electron chi connectivity index (χ0n) is 15.8. The van der Waals surface area contributed by atoms with Crippen molar-refractivity contribution in [1.82, 2.24) is 25.1 Å². The first-order chi connectivity index (χ1) is 13.6. The van der Waals surface area contributed by atoms with Gasteiger partial charge in [-0.2, -0.15) is 5.10 Å². The molecule has 0 radical (unpaired) electrons. The van der Waals surface area contributed by atoms with Crippen LogP contribution in [0.2, 0.25) is 0 Å². The third kappa shape index (κ3) is 4.07. The Hall–Kier alpha value is -2.72. The second-order valence-corrected chi connectivity index (χ2v) is 7.18. The average Bonchev–Trinajstić information content (AvgIpc) is 3.05. The summed E-state index contributed by atoms with van der Waals surface area (Å²) in [5, 5.41) is 20.6. The fraction of sp³-hybridized carbons (Fsp3) is 0.556. The molecule has 1 saturated heterocycles. The first kappa shape index (κ1) is 18.6. The molecular weight excluding hydrogens is 362 g/mol. The van der Waals surface area contributed by atoms with E-state index in [1.165, 1.54) is 12.0 Å². The summed E-state index contributed by atoms with van der Waals surface area (Å²) >= 11 is 0. The Labute approximate surface area is 162 Å². The number of nitrogens with one attached hydrogen (secondary N) is 2. The van der Waals surface area contributed by atoms with Gasteiger partial charge >= 0.3 is 0 Å². The van der Waals surface area contributed by atoms with E-state index in [-0.39, 0.29) is 24.2 Å². The van der Waals surface area contributed by atoms with Gasteiger partial charge in [-0.05, 0) is 12.8 Å². The van der Waals surface area contributed by atoms with Crippen molar-refractivity contribution in [2.45, 2.75) is 25.0 Å². The van der Waals surface area contributed by atoms with Crippen LogP contribution in [0.1, 0.15) is 22.6 Å². The number of hydrogen-bond donors (Lipinski definition) is 3. The highest BCUT2D eigenvalue weighted by Gasteiger charge is 2.23. The lowest BCUT2D eigenvalue weighted by Gasteiger charge is -2.30. The van der Waals surface area contributed by atoms with Gasteiger partial charge in [0.25, 0.3) is 5.91 Å². The largest absolute Gasteiger partial charge is 0.389 e. The number of aliphatic hydroxyl groups is 1. The third-order valence-corrected chi connectivity index (χ3v) is 5.04. The number of β-amino-alcohol motifs (C(OH)–C–C–N with tert-alkyl or cyclic N) is 1. The molecule has 0 bridgehead atoms. The fourth-order valence-corrected chi connectivity index (χ4v) is 3.46. The number of rotatable bonds is 7. The summed E-state index contributed by atoms with van der Waals surface area (Å²) < 4.78 is 6.99. The maximum absolute atomic E-state index is 12.4. The molecule has 1 amide bonds. The molecule has 0 unspecified atom stereocenters. The third-order valence-electron chi connectivity index (χ3n) is 5.04. The number of aromatic nitrogens is 4. The molecule has 4 rings (SSSR count). The lowest BCUT2D eigenvalue weighted by Crippen LogP contribution is -2.42. The van der Waals surface area contributed by atoms with E-state index in [0.717, 1.165) is 25.1 Å². The van der Waals surface area contributed by atoms with Gasteiger partial charge in [-0.1, -0.05) is 0 Å². The molecule has 1 atom stereocenters. The Bertz CT molecular complexity index is 836. The highest BCUT2D eigenvalue weighted by molar-refractivity contribution is 5.92. The second-order valence-electron chi connectivity index (χ2n) is 7.18. The minimum absolute atomic E-state index is 0.147. The Morgan fingerprint density at radius 3 is 3.07 bits per heavy atom. The van der Waals surface area contributed by atoms with Gasteiger partial charge in [-0.15, -0.1) is 0 Å². The van der Waals surface area contributed by atoms with Crippen molar-refractivity contribution in [2.24, 2.45) is 7.05 Å². The number of aliphatic hydroxyl groups excluding tert-OH is 1. The van der Waals surface area contributed by atoms with Crippen molar-refractivity contribution in [1.29, 1.82) is 0 Å². The quantitative estimate of drug-likeness (QED) is 0.586. The molecule has 10 heteroatoms. The molecule has 150 valence electrons. The molecule has 2 aromatic heterocycles. The van der Waals surface area contributed by atoms with E-state index >= 15 is 0 Å². The van der Waals surface area contributed by atoms with Gasteiger partial charge in [0.05, 0.1) is 42.9 Å². The summed E-state index contributed by atoms with van der Waals surface area (Å²) in [5.74, 6) is 0.251. The maximum Gasteiger partial charge on any atom is 0.270 e. The average molecular weight is 387 g/mol. The van der Waals surface area contributed by atoms with Gasteiger partial charge in [0.15, 0.2) is 0 Å². The number of carbonyl (C=O) groups excluding carboxylic acids is 1. The van der Waals surface area contributed by atoms with Crippen LogP contribution < -0.4 is 15.5 Å². The predicted molar refractivity (Wildman–Crippen MR) is 102 cm³/mol. The molecule has 2 aliphatic rings. The van der Waals surface area contributed by atoms with Crippen molar-refractivity contribution >= 4 is 17.4 Å². The number of amides is 1. The standard InChI is InChI=1S/C18H25N7O3/c1-24-15-3-2-4-25(16(15)7-22-24)8-13(26)6-19-18(27)14-5-17(21-11-20-14)23-12-9-28-10-12/h5,7,11-13,26H,2-4,6,8-10H2,1H3,(H,19,27)(H,20,21,23)/t13-/m0/s1. The minimum Gasteiger partial charge on any atom is -0.389 e. The molecular formula is C18H25N7O3. The normalized spacial score (nSPS) is 17.6. The first-order valence-electron chi connectivity index (χ1n) is 9.48. The Morgan fingerprint density at radius 1 is 1.43 bits per heavy atom. The molecule has 28 heavy (non-hydrogen) atoms. The molecule has 0 aliphatic carbocycles. The van der Waals surface area contributed by atoms with Crippen LogP contribution in [0.5, 0.6) is 0 Å². The van der Waals surface area contributed by atoms with Gasteiger partial charge in [-0.25, -0.2) is 9.97 Å². The number of carbonyl (C=O) groups is 1. The summed E-state index contributed by atoms with van der Waals surface area (Å²) in [5.41, 5.74) is 2.50. The smallest absolute Gasteiger partial charge is 0.270 e. The van der Waals surface area contributed by atoms with Crippen LogP contribution in [-0.4, -0.2) is 75.8 Å². The Kier molecular flexibility index (Phi) is 5.40. The monoisotopic (exact) mass is 387 g/mol. The summed E-state index contributed by atoms with van der Waals surface area (Å²) in [6.45, 7) is 2.72. The number of aryl methyl sites for hydroxylation is 1. The van der Waals surface area contributed by atoms with Gasteiger partial charge in [-0.3, -0.25) is 9.48 Å². The lowest BCUT2D eigenvalue weighted by molar-refractivity contribution is 0.0209. The van der Waals surface area contributed by atoms with E-state index in [9.17, 15) is 9.90 Å². The zero-order chi connectivity index (χ0) is 19.5. The molecule has 0 spiro atoms. The maximum atomic E-state index is 12.4. The van der Waals surface area contributed by atoms with Crippen LogP contribution in [0.3, 0.4) is 0 Å². The van der Waals surface area contributed by atoms with Crippen LogP contribution in [0.15, 0.2) is 18.6 Å². The Morgan fingerprint density at radius 2 is 2.29 bits per heavy atom. The van der Waals surface area contributed by atoms with E-state index in [1.807, 2.05) is 17.9 Å². The molecule has 0 saturated carbocycles. The summed E-state index contributed by atoms with van der Waals surface area (Å²) in [6.07, 6.45) is 4.51. The van der Waals surface area contributed by atoms with Crippen LogP contribution in [0, 0.1) is 0 Å². The number of nitrogens with zero attached hydrogens (tertiary/aromatic N) is 5. The molecule has 2 aromatic rings. The second kappa shape index (κ2) is 8.11.